The first-order valence-corrected chi connectivity index (χ1v) is 11.2. The van der Waals surface area contributed by atoms with Crippen LogP contribution in [0.15, 0.2) is 72.8 Å². The molecule has 4 rings (SSSR count). The molecule has 0 saturated carbocycles. The van der Waals surface area contributed by atoms with Crippen LogP contribution in [-0.4, -0.2) is 33.3 Å². The number of halogens is 2. The first-order chi connectivity index (χ1) is 16.9. The minimum atomic E-state index is -0.634. The Balaban J connectivity index is 1.56. The molecule has 3 aromatic carbocycles. The summed E-state index contributed by atoms with van der Waals surface area (Å²) in [6.45, 7) is 1.79. The molecule has 1 heterocycles. The maximum Gasteiger partial charge on any atom is 0.258 e. The van der Waals surface area contributed by atoms with E-state index in [1.807, 2.05) is 12.1 Å². The van der Waals surface area contributed by atoms with Crippen molar-refractivity contribution in [1.29, 1.82) is 0 Å². The number of carbonyl (C=O) groups is 2. The minimum Gasteiger partial charge on any atom is -0.394 e. The van der Waals surface area contributed by atoms with Crippen LogP contribution in [0.4, 0.5) is 15.9 Å². The monoisotopic (exact) mass is 492 g/mol. The molecular weight excluding hydrogens is 471 g/mol. The summed E-state index contributed by atoms with van der Waals surface area (Å²) in [5, 5.41) is 19.9. The summed E-state index contributed by atoms with van der Waals surface area (Å²) in [5.74, 6) is -1.29. The van der Waals surface area contributed by atoms with Gasteiger partial charge in [0.2, 0.25) is 0 Å². The largest absolute Gasteiger partial charge is 0.394 e. The summed E-state index contributed by atoms with van der Waals surface area (Å²) >= 11 is 5.96. The van der Waals surface area contributed by atoms with Crippen molar-refractivity contribution in [3.8, 4) is 11.3 Å². The molecule has 1 aromatic heterocycles. The van der Waals surface area contributed by atoms with Crippen molar-refractivity contribution in [1.82, 2.24) is 9.78 Å². The van der Waals surface area contributed by atoms with Crippen LogP contribution in [0.3, 0.4) is 0 Å². The smallest absolute Gasteiger partial charge is 0.258 e. The lowest BCUT2D eigenvalue weighted by Crippen LogP contribution is -2.18. The van der Waals surface area contributed by atoms with E-state index >= 15 is 0 Å². The van der Waals surface area contributed by atoms with Crippen molar-refractivity contribution in [2.24, 2.45) is 0 Å². The number of nitrogens with zero attached hydrogens (tertiary/aromatic N) is 2. The summed E-state index contributed by atoms with van der Waals surface area (Å²) in [6, 6.07) is 19.3. The van der Waals surface area contributed by atoms with Crippen LogP contribution in [-0.2, 0) is 6.54 Å². The van der Waals surface area contributed by atoms with Crippen LogP contribution in [0.25, 0.3) is 11.3 Å². The van der Waals surface area contributed by atoms with Crippen LogP contribution in [0, 0.1) is 12.7 Å². The van der Waals surface area contributed by atoms with E-state index in [1.165, 1.54) is 28.9 Å². The number of carbonyl (C=O) groups excluding carboxylic acids is 2. The summed E-state index contributed by atoms with van der Waals surface area (Å²) < 4.78 is 15.5. The number of aryl methyl sites for hydroxylation is 1. The molecule has 0 spiro atoms. The fourth-order valence-corrected chi connectivity index (χ4v) is 3.59. The summed E-state index contributed by atoms with van der Waals surface area (Å²) in [6.07, 6.45) is 0. The Kier molecular flexibility index (Phi) is 7.24. The summed E-state index contributed by atoms with van der Waals surface area (Å²) in [5.41, 5.74) is 2.69. The van der Waals surface area contributed by atoms with E-state index in [1.54, 1.807) is 43.3 Å². The lowest BCUT2D eigenvalue weighted by atomic mass is 10.1. The second-order valence-corrected chi connectivity index (χ2v) is 8.22. The topological polar surface area (TPSA) is 96.2 Å². The molecule has 0 unspecified atom stereocenters. The Bertz CT molecular complexity index is 1390. The van der Waals surface area contributed by atoms with Crippen LogP contribution in [0.5, 0.6) is 0 Å². The zero-order chi connectivity index (χ0) is 24.9. The molecule has 3 N–H and O–H groups in total. The number of hydrogen-bond donors (Lipinski definition) is 3. The van der Waals surface area contributed by atoms with Crippen LogP contribution in [0.1, 0.15) is 26.3 Å². The molecular formula is C26H22ClFN4O3. The van der Waals surface area contributed by atoms with E-state index in [0.717, 1.165) is 5.56 Å². The third kappa shape index (κ3) is 5.56. The first-order valence-electron chi connectivity index (χ1n) is 10.8. The van der Waals surface area contributed by atoms with Gasteiger partial charge in [-0.1, -0.05) is 41.9 Å². The Morgan fingerprint density at radius 3 is 2.46 bits per heavy atom. The third-order valence-electron chi connectivity index (χ3n) is 5.34. The second kappa shape index (κ2) is 10.5. The number of anilines is 2. The number of amides is 2. The summed E-state index contributed by atoms with van der Waals surface area (Å²) in [7, 11) is 0. The number of hydrogen-bond acceptors (Lipinski definition) is 4. The Hall–Kier alpha value is -4.01. The van der Waals surface area contributed by atoms with Gasteiger partial charge in [0.1, 0.15) is 11.6 Å². The van der Waals surface area contributed by atoms with E-state index in [0.29, 0.717) is 27.8 Å². The zero-order valence-electron chi connectivity index (χ0n) is 18.8. The maximum absolute atomic E-state index is 14.0. The predicted molar refractivity (Wildman–Crippen MR) is 133 cm³/mol. The van der Waals surface area contributed by atoms with Gasteiger partial charge >= 0.3 is 0 Å². The zero-order valence-corrected chi connectivity index (χ0v) is 19.5. The molecule has 0 fully saturated rings. The molecule has 0 saturated heterocycles. The van der Waals surface area contributed by atoms with E-state index in [2.05, 4.69) is 15.7 Å². The van der Waals surface area contributed by atoms with Gasteiger partial charge in [-0.05, 0) is 48.9 Å². The van der Waals surface area contributed by atoms with Crippen LogP contribution >= 0.6 is 11.6 Å². The first kappa shape index (κ1) is 24.1. The van der Waals surface area contributed by atoms with E-state index < -0.39 is 17.6 Å². The number of nitrogens with one attached hydrogen (secondary N) is 2. The summed E-state index contributed by atoms with van der Waals surface area (Å²) in [4.78, 5) is 25.6. The van der Waals surface area contributed by atoms with Gasteiger partial charge in [-0.25, -0.2) is 9.07 Å². The van der Waals surface area contributed by atoms with Gasteiger partial charge in [0, 0.05) is 27.9 Å². The quantitative estimate of drug-likeness (QED) is 0.332. The molecule has 0 aliphatic carbocycles. The maximum atomic E-state index is 14.0. The van der Waals surface area contributed by atoms with E-state index in [4.69, 9.17) is 11.6 Å². The fourth-order valence-electron chi connectivity index (χ4n) is 3.47. The number of aliphatic hydroxyl groups excluding tert-OH is 1. The van der Waals surface area contributed by atoms with Crippen LogP contribution in [0.2, 0.25) is 5.02 Å². The molecule has 178 valence electrons. The molecule has 0 aliphatic rings. The molecule has 0 bridgehead atoms. The normalized spacial score (nSPS) is 10.7. The highest BCUT2D eigenvalue weighted by Crippen LogP contribution is 2.25. The molecule has 35 heavy (non-hydrogen) atoms. The number of aromatic nitrogens is 2. The van der Waals surface area contributed by atoms with Gasteiger partial charge in [-0.3, -0.25) is 9.59 Å². The third-order valence-corrected chi connectivity index (χ3v) is 5.59. The van der Waals surface area contributed by atoms with Crippen molar-refractivity contribution in [2.75, 3.05) is 17.2 Å². The van der Waals surface area contributed by atoms with Crippen molar-refractivity contribution < 1.29 is 19.1 Å². The van der Waals surface area contributed by atoms with Gasteiger partial charge in [-0.15, -0.1) is 0 Å². The average molecular weight is 493 g/mol. The van der Waals surface area contributed by atoms with E-state index in [9.17, 15) is 19.1 Å². The standard InChI is InChI=1S/C26H22ClFN4O3/c1-16-6-7-18(14-22(16)29-26(35)20-4-2-3-5-21(20)28)25(34)30-24-15-23(31-32(24)12-13-33)17-8-10-19(27)11-9-17/h2-11,14-15,33H,12-13H2,1H3,(H,29,35)(H,30,34). The van der Waals surface area contributed by atoms with Gasteiger partial charge in [0.05, 0.1) is 24.4 Å². The Labute approximate surface area is 206 Å². The highest BCUT2D eigenvalue weighted by Gasteiger charge is 2.16. The Morgan fingerprint density at radius 1 is 1.00 bits per heavy atom. The average Bonchev–Trinajstić information content (AvgIpc) is 3.23. The molecule has 9 heteroatoms. The van der Waals surface area contributed by atoms with Crippen molar-refractivity contribution in [3.63, 3.8) is 0 Å². The SMILES string of the molecule is Cc1ccc(C(=O)Nc2cc(-c3ccc(Cl)cc3)nn2CCO)cc1NC(=O)c1ccccc1F. The number of aliphatic hydroxyl groups is 1. The van der Waals surface area contributed by atoms with Gasteiger partial charge < -0.3 is 15.7 Å². The highest BCUT2D eigenvalue weighted by molar-refractivity contribution is 6.30. The van der Waals surface area contributed by atoms with Crippen molar-refractivity contribution in [2.45, 2.75) is 13.5 Å². The lowest BCUT2D eigenvalue weighted by molar-refractivity contribution is 0.101. The van der Waals surface area contributed by atoms with Crippen molar-refractivity contribution in [3.05, 3.63) is 100 Å². The molecule has 2 amide bonds. The number of benzene rings is 3. The molecule has 0 radical (unpaired) electrons. The van der Waals surface area contributed by atoms with Gasteiger partial charge in [0.25, 0.3) is 11.8 Å². The van der Waals surface area contributed by atoms with Gasteiger partial charge in [0.15, 0.2) is 0 Å². The molecule has 4 aromatic rings. The van der Waals surface area contributed by atoms with Crippen LogP contribution < -0.4 is 10.6 Å². The number of rotatable bonds is 7. The highest BCUT2D eigenvalue weighted by atomic mass is 35.5. The minimum absolute atomic E-state index is 0.0932. The lowest BCUT2D eigenvalue weighted by Gasteiger charge is -2.12. The predicted octanol–water partition coefficient (Wildman–Crippen LogP) is 5.15. The second-order valence-electron chi connectivity index (χ2n) is 7.79. The Morgan fingerprint density at radius 2 is 1.74 bits per heavy atom. The molecule has 7 nitrogen and oxygen atoms in total. The van der Waals surface area contributed by atoms with Gasteiger partial charge in [-0.2, -0.15) is 5.10 Å². The van der Waals surface area contributed by atoms with Crippen molar-refractivity contribution >= 4 is 34.9 Å². The molecule has 0 aliphatic heterocycles. The fraction of sp³-hybridized carbons (Fsp3) is 0.115. The van der Waals surface area contributed by atoms with E-state index in [-0.39, 0.29) is 24.3 Å². The molecule has 0 atom stereocenters.